The fourth-order valence-corrected chi connectivity index (χ4v) is 4.70. The molecule has 0 N–H and O–H groups in total. The first-order valence-corrected chi connectivity index (χ1v) is 9.42. The summed E-state index contributed by atoms with van der Waals surface area (Å²) in [5, 5.41) is 4.44. The van der Waals surface area contributed by atoms with Crippen LogP contribution in [0.1, 0.15) is 56.5 Å². The van der Waals surface area contributed by atoms with E-state index in [1.165, 1.54) is 19.3 Å². The largest absolute Gasteiger partial charge is 0.341 e. The van der Waals surface area contributed by atoms with Crippen molar-refractivity contribution in [3.05, 3.63) is 17.0 Å². The summed E-state index contributed by atoms with van der Waals surface area (Å²) in [6.45, 7) is 10.5. The van der Waals surface area contributed by atoms with Gasteiger partial charge in [0.15, 0.2) is 0 Å². The van der Waals surface area contributed by atoms with Gasteiger partial charge in [-0.1, -0.05) is 0 Å². The molecular formula is C19H32N4O. The smallest absolute Gasteiger partial charge is 0.227 e. The van der Waals surface area contributed by atoms with Crippen LogP contribution < -0.4 is 0 Å². The molecule has 3 unspecified atom stereocenters. The van der Waals surface area contributed by atoms with Crippen molar-refractivity contribution in [2.75, 3.05) is 13.1 Å². The second-order valence-electron chi connectivity index (χ2n) is 7.81. The lowest BCUT2D eigenvalue weighted by molar-refractivity contribution is -0.133. The van der Waals surface area contributed by atoms with Gasteiger partial charge in [0, 0.05) is 49.5 Å². The number of nitrogens with zero attached hydrogens (tertiary/aromatic N) is 4. The Morgan fingerprint density at radius 3 is 2.42 bits per heavy atom. The van der Waals surface area contributed by atoms with Crippen LogP contribution in [0, 0.1) is 13.8 Å². The van der Waals surface area contributed by atoms with E-state index >= 15 is 0 Å². The Bertz CT molecular complexity index is 599. The molecular weight excluding hydrogens is 300 g/mol. The van der Waals surface area contributed by atoms with Gasteiger partial charge in [-0.2, -0.15) is 5.10 Å². The Kier molecular flexibility index (Phi) is 5.00. The van der Waals surface area contributed by atoms with Crippen LogP contribution in [-0.2, 0) is 18.3 Å². The SMILES string of the molecule is Cc1nn(C)c(C)c1CC(=O)N1CCCC(N2C(C)CCC2C)C1. The first kappa shape index (κ1) is 17.5. The topological polar surface area (TPSA) is 41.4 Å². The van der Waals surface area contributed by atoms with Gasteiger partial charge < -0.3 is 4.90 Å². The van der Waals surface area contributed by atoms with Crippen LogP contribution in [0.2, 0.25) is 0 Å². The third-order valence-corrected chi connectivity index (χ3v) is 6.18. The van der Waals surface area contributed by atoms with Crippen LogP contribution in [-0.4, -0.2) is 56.7 Å². The fraction of sp³-hybridized carbons (Fsp3) is 0.789. The average Bonchev–Trinajstić information content (AvgIpc) is 3.01. The van der Waals surface area contributed by atoms with Crippen molar-refractivity contribution in [3.8, 4) is 0 Å². The number of hydrogen-bond acceptors (Lipinski definition) is 3. The average molecular weight is 332 g/mol. The summed E-state index contributed by atoms with van der Waals surface area (Å²) in [6.07, 6.45) is 5.42. The van der Waals surface area contributed by atoms with Gasteiger partial charge in [0.2, 0.25) is 5.91 Å². The second kappa shape index (κ2) is 6.87. The van der Waals surface area contributed by atoms with Crippen molar-refractivity contribution >= 4 is 5.91 Å². The summed E-state index contributed by atoms with van der Waals surface area (Å²) in [7, 11) is 1.95. The number of aryl methyl sites for hydroxylation is 2. The minimum atomic E-state index is 0.262. The summed E-state index contributed by atoms with van der Waals surface area (Å²) < 4.78 is 1.88. The van der Waals surface area contributed by atoms with Gasteiger partial charge in [-0.3, -0.25) is 14.4 Å². The van der Waals surface area contributed by atoms with Crippen molar-refractivity contribution < 1.29 is 4.79 Å². The van der Waals surface area contributed by atoms with Crippen molar-refractivity contribution in [2.45, 2.75) is 77.9 Å². The lowest BCUT2D eigenvalue weighted by atomic mass is 10.0. The molecule has 0 radical (unpaired) electrons. The highest BCUT2D eigenvalue weighted by molar-refractivity contribution is 5.79. The van der Waals surface area contributed by atoms with Gasteiger partial charge in [-0.25, -0.2) is 0 Å². The molecule has 1 amide bonds. The lowest BCUT2D eigenvalue weighted by Gasteiger charge is -2.41. The molecule has 0 saturated carbocycles. The molecule has 5 nitrogen and oxygen atoms in total. The minimum absolute atomic E-state index is 0.262. The van der Waals surface area contributed by atoms with E-state index in [-0.39, 0.29) is 5.91 Å². The summed E-state index contributed by atoms with van der Waals surface area (Å²) in [5.41, 5.74) is 3.20. The molecule has 1 aromatic rings. The summed E-state index contributed by atoms with van der Waals surface area (Å²) >= 11 is 0. The Balaban J connectivity index is 1.67. The summed E-state index contributed by atoms with van der Waals surface area (Å²) in [5.74, 6) is 0.262. The van der Waals surface area contributed by atoms with Crippen LogP contribution in [0.4, 0.5) is 0 Å². The Hall–Kier alpha value is -1.36. The van der Waals surface area contributed by atoms with Crippen LogP contribution >= 0.6 is 0 Å². The van der Waals surface area contributed by atoms with E-state index < -0.39 is 0 Å². The molecule has 24 heavy (non-hydrogen) atoms. The van der Waals surface area contributed by atoms with Gasteiger partial charge in [-0.05, 0) is 53.4 Å². The Morgan fingerprint density at radius 2 is 1.83 bits per heavy atom. The normalized spacial score (nSPS) is 28.5. The molecule has 3 heterocycles. The minimum Gasteiger partial charge on any atom is -0.341 e. The Morgan fingerprint density at radius 1 is 1.17 bits per heavy atom. The zero-order valence-electron chi connectivity index (χ0n) is 15.9. The number of rotatable bonds is 3. The summed E-state index contributed by atoms with van der Waals surface area (Å²) in [4.78, 5) is 17.6. The monoisotopic (exact) mass is 332 g/mol. The zero-order chi connectivity index (χ0) is 17.4. The van der Waals surface area contributed by atoms with Gasteiger partial charge in [0.25, 0.3) is 0 Å². The molecule has 2 saturated heterocycles. The molecule has 2 fully saturated rings. The number of amides is 1. The molecule has 0 spiro atoms. The first-order chi connectivity index (χ1) is 11.4. The number of carbonyl (C=O) groups excluding carboxylic acids is 1. The predicted octanol–water partition coefficient (Wildman–Crippen LogP) is 2.44. The van der Waals surface area contributed by atoms with Gasteiger partial charge >= 0.3 is 0 Å². The molecule has 3 atom stereocenters. The van der Waals surface area contributed by atoms with E-state index in [0.717, 1.165) is 36.5 Å². The third kappa shape index (κ3) is 3.23. The second-order valence-corrected chi connectivity index (χ2v) is 7.81. The molecule has 1 aromatic heterocycles. The molecule has 2 aliphatic heterocycles. The van der Waals surface area contributed by atoms with Crippen molar-refractivity contribution in [3.63, 3.8) is 0 Å². The molecule has 0 aliphatic carbocycles. The van der Waals surface area contributed by atoms with Crippen molar-refractivity contribution in [1.82, 2.24) is 19.6 Å². The van der Waals surface area contributed by atoms with Gasteiger partial charge in [0.05, 0.1) is 12.1 Å². The molecule has 5 heteroatoms. The maximum atomic E-state index is 12.9. The molecule has 2 aliphatic rings. The van der Waals surface area contributed by atoms with E-state index in [1.54, 1.807) is 0 Å². The molecule has 134 valence electrons. The number of aromatic nitrogens is 2. The highest BCUT2D eigenvalue weighted by Crippen LogP contribution is 2.30. The third-order valence-electron chi connectivity index (χ3n) is 6.18. The fourth-order valence-electron chi connectivity index (χ4n) is 4.70. The maximum Gasteiger partial charge on any atom is 0.227 e. The van der Waals surface area contributed by atoms with Gasteiger partial charge in [-0.15, -0.1) is 0 Å². The quantitative estimate of drug-likeness (QED) is 0.854. The van der Waals surface area contributed by atoms with E-state index in [2.05, 4.69) is 35.7 Å². The van der Waals surface area contributed by atoms with Crippen molar-refractivity contribution in [2.24, 2.45) is 7.05 Å². The van der Waals surface area contributed by atoms with Crippen LogP contribution in [0.5, 0.6) is 0 Å². The van der Waals surface area contributed by atoms with Crippen LogP contribution in [0.3, 0.4) is 0 Å². The predicted molar refractivity (Wildman–Crippen MR) is 96.0 cm³/mol. The lowest BCUT2D eigenvalue weighted by Crippen LogP contribution is -2.52. The van der Waals surface area contributed by atoms with E-state index in [0.29, 0.717) is 24.5 Å². The molecule has 0 aromatic carbocycles. The van der Waals surface area contributed by atoms with E-state index in [1.807, 2.05) is 18.7 Å². The number of hydrogen-bond donors (Lipinski definition) is 0. The van der Waals surface area contributed by atoms with Crippen molar-refractivity contribution in [1.29, 1.82) is 0 Å². The molecule has 0 bridgehead atoms. The van der Waals surface area contributed by atoms with E-state index in [4.69, 9.17) is 0 Å². The molecule has 3 rings (SSSR count). The number of carbonyl (C=O) groups is 1. The summed E-state index contributed by atoms with van der Waals surface area (Å²) in [6, 6.07) is 1.84. The standard InChI is InChI=1S/C19H32N4O/c1-13-8-9-14(2)23(13)17-7-6-10-22(12-17)19(24)11-18-15(3)20-21(5)16(18)4/h13-14,17H,6-12H2,1-5H3. The van der Waals surface area contributed by atoms with Gasteiger partial charge in [0.1, 0.15) is 0 Å². The Labute approximate surface area is 146 Å². The maximum absolute atomic E-state index is 12.9. The number of piperidine rings is 1. The first-order valence-electron chi connectivity index (χ1n) is 9.42. The highest BCUT2D eigenvalue weighted by Gasteiger charge is 2.36. The highest BCUT2D eigenvalue weighted by atomic mass is 16.2. The van der Waals surface area contributed by atoms with E-state index in [9.17, 15) is 4.79 Å². The van der Waals surface area contributed by atoms with Crippen LogP contribution in [0.15, 0.2) is 0 Å². The number of likely N-dealkylation sites (tertiary alicyclic amines) is 2. The zero-order valence-corrected chi connectivity index (χ0v) is 15.9. The van der Waals surface area contributed by atoms with Crippen LogP contribution in [0.25, 0.3) is 0 Å².